The van der Waals surface area contributed by atoms with Crippen molar-refractivity contribution >= 4 is 23.6 Å². The third kappa shape index (κ3) is 6.83. The van der Waals surface area contributed by atoms with Gasteiger partial charge in [0.25, 0.3) is 0 Å². The van der Waals surface area contributed by atoms with Crippen molar-refractivity contribution in [2.24, 2.45) is 11.5 Å². The molecule has 3 fully saturated rings. The van der Waals surface area contributed by atoms with Crippen LogP contribution in [0.3, 0.4) is 0 Å². The van der Waals surface area contributed by atoms with Crippen molar-refractivity contribution in [2.45, 2.75) is 91.9 Å². The van der Waals surface area contributed by atoms with Crippen LogP contribution in [0.5, 0.6) is 0 Å². The van der Waals surface area contributed by atoms with Crippen LogP contribution >= 0.6 is 12.6 Å². The molecule has 3 aliphatic heterocycles. The van der Waals surface area contributed by atoms with Crippen molar-refractivity contribution in [3.63, 3.8) is 0 Å². The highest BCUT2D eigenvalue weighted by molar-refractivity contribution is 7.99. The van der Waals surface area contributed by atoms with E-state index in [1.54, 1.807) is 0 Å². The molecule has 0 aromatic rings. The summed E-state index contributed by atoms with van der Waals surface area (Å²) in [7, 11) is -1.86. The molecule has 3 saturated heterocycles. The lowest BCUT2D eigenvalue weighted by Crippen LogP contribution is -2.70. The van der Waals surface area contributed by atoms with E-state index in [9.17, 15) is 45.1 Å². The fourth-order valence-corrected chi connectivity index (χ4v) is 5.32. The van der Waals surface area contributed by atoms with E-state index in [0.29, 0.717) is 0 Å². The minimum absolute atomic E-state index is 0.199. The quantitative estimate of drug-likeness (QED) is 0.104. The van der Waals surface area contributed by atoms with Crippen LogP contribution in [0.1, 0.15) is 0 Å². The van der Waals surface area contributed by atoms with Crippen molar-refractivity contribution < 1.29 is 68.7 Å². The Balaban J connectivity index is 1.85. The maximum absolute atomic E-state index is 12.3. The lowest BCUT2D eigenvalue weighted by molar-refractivity contribution is -0.349. The van der Waals surface area contributed by atoms with Gasteiger partial charge in [0, 0.05) is 0 Å². The van der Waals surface area contributed by atoms with E-state index in [1.807, 2.05) is 0 Å². The van der Waals surface area contributed by atoms with Gasteiger partial charge in [-0.15, -0.1) is 0 Å². The van der Waals surface area contributed by atoms with Gasteiger partial charge in [-0.2, -0.15) is 12.6 Å². The normalized spacial score (nSPS) is 49.1. The fraction of sp³-hybridized carbons (Fsp3) is 1.00. The number of aliphatic hydroxyl groups is 8. The summed E-state index contributed by atoms with van der Waals surface area (Å²) < 4.78 is 42.8. The largest absolute Gasteiger partial charge is 0.394 e. The molecule has 38 heavy (non-hydrogen) atoms. The van der Waals surface area contributed by atoms with Crippen LogP contribution < -0.4 is 16.2 Å². The Bertz CT molecular complexity index is 774. The molecule has 16 atom stereocenters. The first-order chi connectivity index (χ1) is 18.0. The van der Waals surface area contributed by atoms with Gasteiger partial charge in [0.1, 0.15) is 65.9 Å². The van der Waals surface area contributed by atoms with E-state index in [2.05, 4.69) is 17.4 Å². The average Bonchev–Trinajstić information content (AvgIpc) is 2.91. The summed E-state index contributed by atoms with van der Waals surface area (Å²) in [5.74, 6) is 0. The zero-order chi connectivity index (χ0) is 28.3. The van der Waals surface area contributed by atoms with Crippen LogP contribution in [-0.2, 0) is 34.7 Å². The molecule has 0 aromatic heterocycles. The highest BCUT2D eigenvalue weighted by Gasteiger charge is 2.53. The molecule has 0 aromatic carbocycles. The monoisotopic (exact) mass is 595 g/mol. The van der Waals surface area contributed by atoms with Gasteiger partial charge in [-0.25, -0.2) is 8.93 Å². The summed E-state index contributed by atoms with van der Waals surface area (Å²) >= 11 is 3.94. The van der Waals surface area contributed by atoms with Gasteiger partial charge in [0.15, 0.2) is 18.9 Å². The molecule has 19 heteroatoms. The molecule has 0 bridgehead atoms. The molecule has 3 rings (SSSR count). The van der Waals surface area contributed by atoms with Crippen molar-refractivity contribution in [1.29, 1.82) is 0 Å². The van der Waals surface area contributed by atoms with Crippen molar-refractivity contribution in [3.05, 3.63) is 0 Å². The molecular weight excluding hydrogens is 558 g/mol. The van der Waals surface area contributed by atoms with Crippen LogP contribution in [0.25, 0.3) is 0 Å². The van der Waals surface area contributed by atoms with Crippen LogP contribution in [0.4, 0.5) is 0 Å². The van der Waals surface area contributed by atoms with Gasteiger partial charge >= 0.3 is 0 Å². The summed E-state index contributed by atoms with van der Waals surface area (Å²) in [6, 6.07) is -4.04. The van der Waals surface area contributed by atoms with E-state index < -0.39 is 123 Å². The van der Waals surface area contributed by atoms with Gasteiger partial charge in [0.2, 0.25) is 0 Å². The third-order valence-corrected chi connectivity index (χ3v) is 8.14. The first-order valence-electron chi connectivity index (χ1n) is 11.8. The topological polar surface area (TPSA) is 289 Å². The lowest BCUT2D eigenvalue weighted by atomic mass is 9.94. The second-order valence-electron chi connectivity index (χ2n) is 9.14. The Labute approximate surface area is 225 Å². The third-order valence-electron chi connectivity index (χ3n) is 6.67. The summed E-state index contributed by atoms with van der Waals surface area (Å²) in [6.07, 6.45) is -17.7. The minimum Gasteiger partial charge on any atom is -0.394 e. The van der Waals surface area contributed by atoms with Crippen molar-refractivity contribution in [3.8, 4) is 0 Å². The molecule has 0 spiro atoms. The fourth-order valence-electron chi connectivity index (χ4n) is 4.47. The number of nitrogens with two attached hydrogens (primary N) is 2. The Morgan fingerprint density at radius 1 is 0.737 bits per heavy atom. The first kappa shape index (κ1) is 32.4. The summed E-state index contributed by atoms with van der Waals surface area (Å²) in [6.45, 7) is -2.15. The van der Waals surface area contributed by atoms with Gasteiger partial charge in [-0.1, -0.05) is 0 Å². The Hall–Kier alpha value is -0.140. The highest BCUT2D eigenvalue weighted by atomic mass is 32.2. The van der Waals surface area contributed by atoms with Crippen LogP contribution in [0.2, 0.25) is 0 Å². The Kier molecular flexibility index (Phi) is 12.1. The predicted octanol–water partition coefficient (Wildman–Crippen LogP) is -7.49. The van der Waals surface area contributed by atoms with Crippen molar-refractivity contribution in [2.75, 3.05) is 24.9 Å². The molecule has 3 aliphatic rings. The number of ether oxygens (including phenoxy) is 5. The van der Waals surface area contributed by atoms with Crippen LogP contribution in [-0.4, -0.2) is 162 Å². The second-order valence-corrected chi connectivity index (χ2v) is 11.1. The number of rotatable bonds is 10. The molecule has 13 N–H and O–H groups in total. The maximum Gasteiger partial charge on any atom is 0.177 e. The van der Waals surface area contributed by atoms with E-state index in [-0.39, 0.29) is 5.08 Å². The highest BCUT2D eigenvalue weighted by Crippen LogP contribution is 2.32. The van der Waals surface area contributed by atoms with Gasteiger partial charge in [0.05, 0.1) is 43.0 Å². The summed E-state index contributed by atoms with van der Waals surface area (Å²) in [5.41, 5.74) is 11.7. The van der Waals surface area contributed by atoms with Gasteiger partial charge in [-0.3, -0.25) is 0 Å². The smallest absolute Gasteiger partial charge is 0.177 e. The first-order valence-corrected chi connectivity index (χ1v) is 13.7. The van der Waals surface area contributed by atoms with Crippen LogP contribution in [0.15, 0.2) is 0 Å². The molecular formula is C19H37N3O14S2. The summed E-state index contributed by atoms with van der Waals surface area (Å²) in [5, 5.41) is 80.8. The number of hydrogen-bond acceptors (Lipinski definition) is 17. The van der Waals surface area contributed by atoms with E-state index in [0.717, 1.165) is 0 Å². The molecule has 224 valence electrons. The van der Waals surface area contributed by atoms with E-state index in [4.69, 9.17) is 35.2 Å². The number of aliphatic hydroxyl groups excluding tert-OH is 8. The van der Waals surface area contributed by atoms with Gasteiger partial charge in [-0.05, 0) is 0 Å². The van der Waals surface area contributed by atoms with Crippen molar-refractivity contribution in [1.82, 2.24) is 4.72 Å². The molecule has 3 heterocycles. The Morgan fingerprint density at radius 2 is 1.26 bits per heavy atom. The molecule has 0 amide bonds. The van der Waals surface area contributed by atoms with Gasteiger partial charge < -0.3 is 76.0 Å². The molecule has 17 nitrogen and oxygen atoms in total. The average molecular weight is 596 g/mol. The standard InChI is InChI=1S/C19H37N3O14S2/c20-8-13(28)15(6(2-24)32-17(8)30)36-19-10(22-38(31)4-37)14(29)16(7(3-25)34-19)35-18-9(21)12(27)11(26)5(1-23)33-18/h5-19,22-30,37H,1-4,20-21H2/t5-,6-,7-,8-,9-,10-,11-,12-,13-,14-,15?,16?,17-,18+,19+,38?/m1/s1. The number of hydrogen-bond donors (Lipinski definition) is 12. The number of nitrogens with one attached hydrogen (secondary N) is 1. The van der Waals surface area contributed by atoms with Crippen LogP contribution in [0, 0.1) is 0 Å². The van der Waals surface area contributed by atoms with E-state index in [1.165, 1.54) is 0 Å². The zero-order valence-electron chi connectivity index (χ0n) is 20.0. The summed E-state index contributed by atoms with van der Waals surface area (Å²) in [4.78, 5) is 0. The molecule has 0 aliphatic carbocycles. The zero-order valence-corrected chi connectivity index (χ0v) is 21.7. The molecule has 0 radical (unpaired) electrons. The SMILES string of the molecule is N[C@H]1[C@H](OC2[C@@H](CO)O[C@@H](OC3[C@@H](CO)O[C@@H](O)[C@H](N)[C@H]3O)[C@H](NS(=O)CS)[C@H]2O)O[C@H](CO)[C@@H](O)[C@@H]1O. The second kappa shape index (κ2) is 14.2. The predicted molar refractivity (Wildman–Crippen MR) is 128 cm³/mol. The lowest BCUT2D eigenvalue weighted by Gasteiger charge is -2.49. The van der Waals surface area contributed by atoms with E-state index >= 15 is 0 Å². The Morgan fingerprint density at radius 3 is 1.84 bits per heavy atom. The maximum atomic E-state index is 12.3. The molecule has 0 saturated carbocycles. The molecule has 3 unspecified atom stereocenters. The minimum atomic E-state index is -1.86. The number of thiol groups is 1.